The number of likely N-dealkylation sites (tertiary alicyclic amines) is 1. The fourth-order valence-electron chi connectivity index (χ4n) is 3.56. The highest BCUT2D eigenvalue weighted by Gasteiger charge is 2.28. The van der Waals surface area contributed by atoms with Gasteiger partial charge in [-0.15, -0.1) is 0 Å². The SMILES string of the molecule is [2H]C([2H])([2H])C([2H])([2H])C([2H])([2H])C([2H])([2H])C(=O)N(c1ccccc1)C1CCN(CCc2ccccc2)CC1. The van der Waals surface area contributed by atoms with Crippen LogP contribution in [0.2, 0.25) is 0 Å². The Balaban J connectivity index is 1.82. The van der Waals surface area contributed by atoms with Gasteiger partial charge in [-0.25, -0.2) is 0 Å². The molecule has 0 aromatic heterocycles. The summed E-state index contributed by atoms with van der Waals surface area (Å²) < 4.78 is 71.1. The molecule has 0 saturated carbocycles. The number of nitrogens with zero attached hydrogens (tertiary/aromatic N) is 2. The molecule has 1 amide bonds. The molecule has 1 aliphatic rings. The molecule has 0 radical (unpaired) electrons. The predicted molar refractivity (Wildman–Crippen MR) is 113 cm³/mol. The second-order valence-electron chi connectivity index (χ2n) is 6.69. The minimum Gasteiger partial charge on any atom is -0.309 e. The predicted octanol–water partition coefficient (Wildman–Crippen LogP) is 4.92. The zero-order valence-corrected chi connectivity index (χ0v) is 15.4. The topological polar surface area (TPSA) is 23.6 Å². The van der Waals surface area contributed by atoms with Gasteiger partial charge in [0.15, 0.2) is 0 Å². The lowest BCUT2D eigenvalue weighted by Gasteiger charge is -2.38. The Hall–Kier alpha value is -2.13. The number of piperidine rings is 1. The molecule has 1 aliphatic heterocycles. The second kappa shape index (κ2) is 10.3. The maximum atomic E-state index is 13.6. The standard InChI is InChI=1S/C24H32N2O/c1-2-3-14-24(27)26(22-12-8-5-9-13-22)23-16-19-25(20-17-23)18-15-21-10-6-4-7-11-21/h4-13,23H,2-3,14-20H2,1H3/i1D3,2D2,3D2,14D2. The molecule has 2 aromatic carbocycles. The van der Waals surface area contributed by atoms with E-state index in [0.717, 1.165) is 13.0 Å². The number of rotatable bonds is 8. The average molecular weight is 374 g/mol. The van der Waals surface area contributed by atoms with Crippen molar-refractivity contribution >= 4 is 11.6 Å². The summed E-state index contributed by atoms with van der Waals surface area (Å²) in [6, 6.07) is 18.0. The molecule has 2 aromatic rings. The average Bonchev–Trinajstić information content (AvgIpc) is 2.84. The van der Waals surface area contributed by atoms with Crippen LogP contribution in [0.25, 0.3) is 0 Å². The van der Waals surface area contributed by atoms with Gasteiger partial charge >= 0.3 is 0 Å². The van der Waals surface area contributed by atoms with Crippen LogP contribution in [0, 0.1) is 0 Å². The van der Waals surface area contributed by atoms with Crippen molar-refractivity contribution in [2.75, 3.05) is 24.5 Å². The van der Waals surface area contributed by atoms with Crippen LogP contribution in [0.4, 0.5) is 5.69 Å². The number of carbonyl (C=O) groups excluding carboxylic acids is 1. The van der Waals surface area contributed by atoms with Gasteiger partial charge < -0.3 is 9.80 Å². The van der Waals surface area contributed by atoms with Gasteiger partial charge in [0, 0.05) is 50.1 Å². The Bertz CT molecular complexity index is 1010. The van der Waals surface area contributed by atoms with Gasteiger partial charge in [0.05, 0.1) is 0 Å². The minimum absolute atomic E-state index is 0.361. The monoisotopic (exact) mass is 373 g/mol. The lowest BCUT2D eigenvalue weighted by atomic mass is 10.0. The van der Waals surface area contributed by atoms with Crippen molar-refractivity contribution in [1.29, 1.82) is 0 Å². The molecule has 1 saturated heterocycles. The van der Waals surface area contributed by atoms with Crippen LogP contribution in [-0.4, -0.2) is 36.5 Å². The largest absolute Gasteiger partial charge is 0.309 e. The molecular formula is C24H32N2O. The number of anilines is 1. The summed E-state index contributed by atoms with van der Waals surface area (Å²) in [5, 5.41) is 0. The van der Waals surface area contributed by atoms with Crippen molar-refractivity contribution in [3.63, 3.8) is 0 Å². The Morgan fingerprint density at radius 2 is 1.78 bits per heavy atom. The molecule has 0 unspecified atom stereocenters. The molecule has 1 fully saturated rings. The van der Waals surface area contributed by atoms with Crippen molar-refractivity contribution in [3.05, 3.63) is 66.2 Å². The fraction of sp³-hybridized carbons (Fsp3) is 0.458. The summed E-state index contributed by atoms with van der Waals surface area (Å²) in [5.41, 5.74) is 1.58. The van der Waals surface area contributed by atoms with Crippen LogP contribution in [0.15, 0.2) is 60.7 Å². The van der Waals surface area contributed by atoms with Crippen LogP contribution < -0.4 is 4.90 Å². The molecule has 0 N–H and O–H groups in total. The van der Waals surface area contributed by atoms with Gasteiger partial charge in [-0.1, -0.05) is 61.8 Å². The number of carbonyl (C=O) groups is 1. The van der Waals surface area contributed by atoms with Gasteiger partial charge in [0.25, 0.3) is 0 Å². The summed E-state index contributed by atoms with van der Waals surface area (Å²) in [4.78, 5) is 17.1. The molecule has 1 heterocycles. The number of benzene rings is 2. The molecule has 0 spiro atoms. The van der Waals surface area contributed by atoms with Gasteiger partial charge in [0.1, 0.15) is 0 Å². The van der Waals surface area contributed by atoms with Crippen molar-refractivity contribution in [2.45, 2.75) is 51.3 Å². The van der Waals surface area contributed by atoms with E-state index in [0.29, 0.717) is 31.6 Å². The van der Waals surface area contributed by atoms with Gasteiger partial charge in [-0.3, -0.25) is 4.79 Å². The highest BCUT2D eigenvalue weighted by Crippen LogP contribution is 2.25. The first-order chi connectivity index (χ1) is 16.7. The number of hydrogen-bond donors (Lipinski definition) is 0. The van der Waals surface area contributed by atoms with Gasteiger partial charge in [-0.05, 0) is 43.3 Å². The summed E-state index contributed by atoms with van der Waals surface area (Å²) in [6.07, 6.45) is -8.75. The third kappa shape index (κ3) is 5.67. The Morgan fingerprint density at radius 1 is 1.11 bits per heavy atom. The van der Waals surface area contributed by atoms with E-state index in [-0.39, 0.29) is 0 Å². The molecule has 3 rings (SSSR count). The maximum absolute atomic E-state index is 13.6. The number of para-hydroxylation sites is 1. The summed E-state index contributed by atoms with van der Waals surface area (Å²) in [6.45, 7) is -1.33. The van der Waals surface area contributed by atoms with E-state index >= 15 is 0 Å². The molecule has 27 heavy (non-hydrogen) atoms. The van der Waals surface area contributed by atoms with E-state index in [9.17, 15) is 4.79 Å². The fourth-order valence-corrected chi connectivity index (χ4v) is 3.56. The highest BCUT2D eigenvalue weighted by molar-refractivity contribution is 5.93. The van der Waals surface area contributed by atoms with Crippen LogP contribution in [0.3, 0.4) is 0 Å². The van der Waals surface area contributed by atoms with E-state index in [1.165, 1.54) is 10.5 Å². The molecule has 144 valence electrons. The van der Waals surface area contributed by atoms with E-state index in [2.05, 4.69) is 17.0 Å². The number of hydrogen-bond acceptors (Lipinski definition) is 2. The Labute approximate surface area is 176 Å². The Kier molecular flexibility index (Phi) is 4.19. The summed E-state index contributed by atoms with van der Waals surface area (Å²) in [7, 11) is 0. The molecule has 0 bridgehead atoms. The first-order valence-electron chi connectivity index (χ1n) is 13.8. The van der Waals surface area contributed by atoms with Crippen molar-refractivity contribution < 1.29 is 17.1 Å². The maximum Gasteiger partial charge on any atom is 0.227 e. The smallest absolute Gasteiger partial charge is 0.227 e. The third-order valence-corrected chi connectivity index (χ3v) is 4.97. The highest BCUT2D eigenvalue weighted by atomic mass is 16.2. The van der Waals surface area contributed by atoms with Gasteiger partial charge in [-0.2, -0.15) is 0 Å². The third-order valence-electron chi connectivity index (χ3n) is 4.97. The molecule has 3 nitrogen and oxygen atoms in total. The van der Waals surface area contributed by atoms with Crippen LogP contribution >= 0.6 is 0 Å². The van der Waals surface area contributed by atoms with E-state index in [1.807, 2.05) is 18.2 Å². The van der Waals surface area contributed by atoms with Gasteiger partial charge in [0.2, 0.25) is 5.91 Å². The van der Waals surface area contributed by atoms with E-state index in [1.54, 1.807) is 30.3 Å². The normalized spacial score (nSPS) is 22.6. The lowest BCUT2D eigenvalue weighted by molar-refractivity contribution is -0.119. The summed E-state index contributed by atoms with van der Waals surface area (Å²) in [5.74, 6) is -1.28. The first-order valence-corrected chi connectivity index (χ1v) is 9.35. The lowest BCUT2D eigenvalue weighted by Crippen LogP contribution is -2.48. The Morgan fingerprint density at radius 3 is 2.44 bits per heavy atom. The molecule has 3 heteroatoms. The van der Waals surface area contributed by atoms with Crippen molar-refractivity contribution in [1.82, 2.24) is 4.90 Å². The van der Waals surface area contributed by atoms with E-state index in [4.69, 9.17) is 12.3 Å². The zero-order chi connectivity index (χ0) is 26.8. The van der Waals surface area contributed by atoms with Crippen LogP contribution in [0.5, 0.6) is 0 Å². The van der Waals surface area contributed by atoms with Crippen LogP contribution in [-0.2, 0) is 11.2 Å². The first kappa shape index (κ1) is 11.0. The second-order valence-corrected chi connectivity index (χ2v) is 6.69. The quantitative estimate of drug-likeness (QED) is 0.656. The number of amides is 1. The zero-order valence-electron chi connectivity index (χ0n) is 24.4. The van der Waals surface area contributed by atoms with E-state index < -0.39 is 37.9 Å². The minimum atomic E-state index is -3.62. The van der Waals surface area contributed by atoms with Crippen molar-refractivity contribution in [3.8, 4) is 0 Å². The van der Waals surface area contributed by atoms with Crippen molar-refractivity contribution in [2.24, 2.45) is 0 Å². The molecule has 0 atom stereocenters. The van der Waals surface area contributed by atoms with Crippen LogP contribution in [0.1, 0.15) is 56.7 Å². The summed E-state index contributed by atoms with van der Waals surface area (Å²) >= 11 is 0. The molecule has 0 aliphatic carbocycles. The molecular weight excluding hydrogens is 332 g/mol.